The average Bonchev–Trinajstić information content (AvgIpc) is 2.55. The van der Waals surface area contributed by atoms with Crippen molar-refractivity contribution in [3.05, 3.63) is 23.8 Å². The summed E-state index contributed by atoms with van der Waals surface area (Å²) in [7, 11) is 0. The molecule has 0 aromatic rings. The molecule has 3 aliphatic rings. The van der Waals surface area contributed by atoms with Gasteiger partial charge < -0.3 is 0 Å². The predicted octanol–water partition coefficient (Wildman–Crippen LogP) is 2.67. The second kappa shape index (κ2) is 1.39. The van der Waals surface area contributed by atoms with Crippen LogP contribution >= 0.6 is 0 Å². The van der Waals surface area contributed by atoms with Gasteiger partial charge in [-0.3, -0.25) is 0 Å². The quantitative estimate of drug-likeness (QED) is 0.475. The van der Waals surface area contributed by atoms with Crippen molar-refractivity contribution >= 4 is 0 Å². The predicted molar refractivity (Wildman–Crippen MR) is 41.6 cm³/mol. The number of allylic oxidation sites excluding steroid dienone is 4. The zero-order valence-electron chi connectivity index (χ0n) is 6.14. The molecule has 0 saturated heterocycles. The van der Waals surface area contributed by atoms with E-state index in [0.717, 1.165) is 11.3 Å². The Morgan fingerprint density at radius 1 is 1.50 bits per heavy atom. The fourth-order valence-corrected chi connectivity index (χ4v) is 2.75. The Labute approximate surface area is 61.6 Å². The lowest BCUT2D eigenvalue weighted by Crippen LogP contribution is -2.05. The third-order valence-corrected chi connectivity index (χ3v) is 3.48. The highest BCUT2D eigenvalue weighted by Gasteiger charge is 2.57. The van der Waals surface area contributed by atoms with E-state index >= 15 is 0 Å². The second-order valence-corrected chi connectivity index (χ2v) is 3.89. The van der Waals surface area contributed by atoms with Gasteiger partial charge in [0.1, 0.15) is 0 Å². The molecule has 2 unspecified atom stereocenters. The van der Waals surface area contributed by atoms with Crippen molar-refractivity contribution in [2.75, 3.05) is 0 Å². The highest BCUT2D eigenvalue weighted by molar-refractivity contribution is 5.41. The van der Waals surface area contributed by atoms with E-state index in [1.807, 2.05) is 0 Å². The van der Waals surface area contributed by atoms with Crippen LogP contribution in [0.2, 0.25) is 0 Å². The van der Waals surface area contributed by atoms with E-state index in [1.54, 1.807) is 5.57 Å². The molecule has 0 heterocycles. The Bertz CT molecular complexity index is 234. The van der Waals surface area contributed by atoms with E-state index in [9.17, 15) is 0 Å². The third-order valence-electron chi connectivity index (χ3n) is 3.48. The second-order valence-electron chi connectivity index (χ2n) is 3.89. The van der Waals surface area contributed by atoms with Crippen molar-refractivity contribution in [1.29, 1.82) is 0 Å². The molecule has 1 saturated carbocycles. The van der Waals surface area contributed by atoms with Crippen LogP contribution < -0.4 is 0 Å². The van der Waals surface area contributed by atoms with Gasteiger partial charge in [0.25, 0.3) is 0 Å². The highest BCUT2D eigenvalue weighted by atomic mass is 14.6. The largest absolute Gasteiger partial charge is 0.0842 e. The Kier molecular flexibility index (Phi) is 0.719. The van der Waals surface area contributed by atoms with Gasteiger partial charge >= 0.3 is 0 Å². The normalized spacial score (nSPS) is 48.0. The van der Waals surface area contributed by atoms with E-state index in [2.05, 4.69) is 18.2 Å². The Balaban J connectivity index is 2.10. The molecule has 2 atom stereocenters. The molecule has 10 heavy (non-hydrogen) atoms. The van der Waals surface area contributed by atoms with Gasteiger partial charge in [0.15, 0.2) is 0 Å². The molecule has 0 aromatic heterocycles. The summed E-state index contributed by atoms with van der Waals surface area (Å²) in [5.41, 5.74) is 2.40. The lowest BCUT2D eigenvalue weighted by molar-refractivity contribution is 0.520. The van der Waals surface area contributed by atoms with Gasteiger partial charge in [-0.15, -0.1) is 0 Å². The maximum Gasteiger partial charge on any atom is -0.00127 e. The van der Waals surface area contributed by atoms with E-state index < -0.39 is 0 Å². The SMILES string of the molecule is C1=CC2=CCC3CC23CC1. The van der Waals surface area contributed by atoms with E-state index in [1.165, 1.54) is 25.7 Å². The van der Waals surface area contributed by atoms with Crippen molar-refractivity contribution in [2.24, 2.45) is 11.3 Å². The molecule has 52 valence electrons. The van der Waals surface area contributed by atoms with E-state index in [0.29, 0.717) is 0 Å². The smallest absolute Gasteiger partial charge is 0.00127 e. The maximum atomic E-state index is 2.45. The fraction of sp³-hybridized carbons (Fsp3) is 0.600. The monoisotopic (exact) mass is 132 g/mol. The highest BCUT2D eigenvalue weighted by Crippen LogP contribution is 2.67. The Hall–Kier alpha value is -0.520. The summed E-state index contributed by atoms with van der Waals surface area (Å²) in [6.07, 6.45) is 12.8. The molecule has 1 fully saturated rings. The zero-order valence-corrected chi connectivity index (χ0v) is 6.14. The first-order valence-corrected chi connectivity index (χ1v) is 4.29. The van der Waals surface area contributed by atoms with Crippen LogP contribution in [0.4, 0.5) is 0 Å². The lowest BCUT2D eigenvalue weighted by Gasteiger charge is -2.17. The molecule has 0 aliphatic heterocycles. The van der Waals surface area contributed by atoms with Crippen LogP contribution in [0.1, 0.15) is 25.7 Å². The fourth-order valence-electron chi connectivity index (χ4n) is 2.75. The molecule has 3 aliphatic carbocycles. The number of hydrogen-bond donors (Lipinski definition) is 0. The molecule has 0 heteroatoms. The molecule has 0 bridgehead atoms. The summed E-state index contributed by atoms with van der Waals surface area (Å²) in [6.45, 7) is 0. The molecular weight excluding hydrogens is 120 g/mol. The van der Waals surface area contributed by atoms with Crippen molar-refractivity contribution < 1.29 is 0 Å². The van der Waals surface area contributed by atoms with E-state index in [-0.39, 0.29) is 0 Å². The molecule has 0 nitrogen and oxygen atoms in total. The van der Waals surface area contributed by atoms with Crippen molar-refractivity contribution in [3.63, 3.8) is 0 Å². The minimum Gasteiger partial charge on any atom is -0.0842 e. The third kappa shape index (κ3) is 0.416. The van der Waals surface area contributed by atoms with Crippen LogP contribution in [0, 0.1) is 11.3 Å². The van der Waals surface area contributed by atoms with Gasteiger partial charge in [-0.1, -0.05) is 18.2 Å². The van der Waals surface area contributed by atoms with Crippen LogP contribution in [0.25, 0.3) is 0 Å². The summed E-state index contributed by atoms with van der Waals surface area (Å²) in [5, 5.41) is 0. The van der Waals surface area contributed by atoms with Crippen molar-refractivity contribution in [1.82, 2.24) is 0 Å². The molecule has 0 radical (unpaired) electrons. The van der Waals surface area contributed by atoms with Gasteiger partial charge in [-0.05, 0) is 42.6 Å². The average molecular weight is 132 g/mol. The van der Waals surface area contributed by atoms with Crippen LogP contribution in [-0.4, -0.2) is 0 Å². The molecule has 0 aromatic carbocycles. The van der Waals surface area contributed by atoms with E-state index in [4.69, 9.17) is 0 Å². The minimum atomic E-state index is 0.731. The number of hydrogen-bond acceptors (Lipinski definition) is 0. The molecule has 1 spiro atoms. The molecule has 0 N–H and O–H groups in total. The Morgan fingerprint density at radius 3 is 3.30 bits per heavy atom. The lowest BCUT2D eigenvalue weighted by atomic mass is 9.87. The van der Waals surface area contributed by atoms with Crippen LogP contribution in [0.15, 0.2) is 23.8 Å². The van der Waals surface area contributed by atoms with Crippen molar-refractivity contribution in [2.45, 2.75) is 25.7 Å². The summed E-state index contributed by atoms with van der Waals surface area (Å²) >= 11 is 0. The van der Waals surface area contributed by atoms with Gasteiger partial charge in [0.05, 0.1) is 0 Å². The summed E-state index contributed by atoms with van der Waals surface area (Å²) in [6, 6.07) is 0. The number of rotatable bonds is 0. The summed E-state index contributed by atoms with van der Waals surface area (Å²) in [5.74, 6) is 1.06. The first-order chi connectivity index (χ1) is 4.92. The summed E-state index contributed by atoms with van der Waals surface area (Å²) < 4.78 is 0. The Morgan fingerprint density at radius 2 is 2.50 bits per heavy atom. The first-order valence-electron chi connectivity index (χ1n) is 4.29. The first kappa shape index (κ1) is 5.17. The van der Waals surface area contributed by atoms with Gasteiger partial charge in [0, 0.05) is 0 Å². The minimum absolute atomic E-state index is 0.731. The zero-order chi connectivity index (χ0) is 6.60. The summed E-state index contributed by atoms with van der Waals surface area (Å²) in [4.78, 5) is 0. The molecule has 3 rings (SSSR count). The van der Waals surface area contributed by atoms with Crippen molar-refractivity contribution in [3.8, 4) is 0 Å². The van der Waals surface area contributed by atoms with Gasteiger partial charge in [0.2, 0.25) is 0 Å². The van der Waals surface area contributed by atoms with Gasteiger partial charge in [-0.25, -0.2) is 0 Å². The molecule has 0 amide bonds. The topological polar surface area (TPSA) is 0 Å². The van der Waals surface area contributed by atoms with Crippen LogP contribution in [0.3, 0.4) is 0 Å². The van der Waals surface area contributed by atoms with Crippen LogP contribution in [0.5, 0.6) is 0 Å². The molecular formula is C10H12. The van der Waals surface area contributed by atoms with Gasteiger partial charge in [-0.2, -0.15) is 0 Å². The standard InChI is InChI=1S/C10H12/c1-2-6-10-7-9(10)5-4-8(10)3-1/h1,3-4,9H,2,5-7H2. The maximum absolute atomic E-state index is 2.45. The van der Waals surface area contributed by atoms with Crippen LogP contribution in [-0.2, 0) is 0 Å².